The lowest BCUT2D eigenvalue weighted by Crippen LogP contribution is -2.41. The minimum Gasteiger partial charge on any atom is -0.356 e. The number of amides is 1. The van der Waals surface area contributed by atoms with Crippen LogP contribution in [0.15, 0.2) is 0 Å². The molecule has 1 aliphatic heterocycles. The number of piperidine rings is 1. The highest BCUT2D eigenvalue weighted by Crippen LogP contribution is 2.24. The Balaban J connectivity index is 0. The van der Waals surface area contributed by atoms with E-state index < -0.39 is 0 Å². The number of halogens is 2. The summed E-state index contributed by atoms with van der Waals surface area (Å²) < 4.78 is 0. The molecule has 0 aliphatic carbocycles. The topological polar surface area (TPSA) is 44.4 Å². The van der Waals surface area contributed by atoms with Crippen molar-refractivity contribution in [3.8, 4) is 0 Å². The van der Waals surface area contributed by atoms with Gasteiger partial charge in [0.25, 0.3) is 0 Å². The molecule has 0 bridgehead atoms. The predicted octanol–water partition coefficient (Wildman–Crippen LogP) is 2.56. The second kappa shape index (κ2) is 11.5. The first-order valence-corrected chi connectivity index (χ1v) is 7.92. The number of carbonyl (C=O) groups excluding carboxylic acids is 1. The van der Waals surface area contributed by atoms with Crippen LogP contribution in [0.1, 0.15) is 40.0 Å². The monoisotopic (exact) mass is 355 g/mol. The van der Waals surface area contributed by atoms with Crippen molar-refractivity contribution in [2.24, 2.45) is 17.3 Å². The Morgan fingerprint density at radius 3 is 2.32 bits per heavy atom. The molecule has 0 saturated carbocycles. The Bertz CT molecular complexity index is 306. The van der Waals surface area contributed by atoms with E-state index in [2.05, 4.69) is 50.4 Å². The largest absolute Gasteiger partial charge is 0.356 e. The lowest BCUT2D eigenvalue weighted by atomic mass is 9.84. The van der Waals surface area contributed by atoms with Crippen LogP contribution >= 0.6 is 24.8 Å². The van der Waals surface area contributed by atoms with Crippen molar-refractivity contribution < 1.29 is 4.79 Å². The predicted molar refractivity (Wildman–Crippen MR) is 99.2 cm³/mol. The number of hydrogen-bond donors (Lipinski definition) is 2. The van der Waals surface area contributed by atoms with Crippen LogP contribution in [0.25, 0.3) is 0 Å². The Labute approximate surface area is 149 Å². The van der Waals surface area contributed by atoms with E-state index in [1.54, 1.807) is 0 Å². The fourth-order valence-corrected chi connectivity index (χ4v) is 3.19. The summed E-state index contributed by atoms with van der Waals surface area (Å²) in [6.07, 6.45) is 3.09. The molecule has 0 aromatic rings. The van der Waals surface area contributed by atoms with Crippen molar-refractivity contribution in [2.75, 3.05) is 40.3 Å². The van der Waals surface area contributed by atoms with Crippen LogP contribution in [0.4, 0.5) is 0 Å². The maximum Gasteiger partial charge on any atom is 0.220 e. The summed E-state index contributed by atoms with van der Waals surface area (Å²) in [4.78, 5) is 14.3. The van der Waals surface area contributed by atoms with Gasteiger partial charge in [-0.1, -0.05) is 20.8 Å². The molecule has 1 heterocycles. The van der Waals surface area contributed by atoms with E-state index in [9.17, 15) is 4.79 Å². The summed E-state index contributed by atoms with van der Waals surface area (Å²) in [6, 6.07) is 0. The van der Waals surface area contributed by atoms with E-state index >= 15 is 0 Å². The van der Waals surface area contributed by atoms with E-state index in [1.165, 1.54) is 12.8 Å². The molecular formula is C16H35Cl2N3O. The first-order valence-electron chi connectivity index (χ1n) is 7.92. The van der Waals surface area contributed by atoms with Gasteiger partial charge in [0.15, 0.2) is 0 Å². The number of carbonyl (C=O) groups is 1. The van der Waals surface area contributed by atoms with Crippen molar-refractivity contribution in [3.05, 3.63) is 0 Å². The molecule has 4 nitrogen and oxygen atoms in total. The normalized spacial score (nSPS) is 17.4. The van der Waals surface area contributed by atoms with Crippen molar-refractivity contribution in [1.82, 2.24) is 15.5 Å². The summed E-state index contributed by atoms with van der Waals surface area (Å²) >= 11 is 0. The van der Waals surface area contributed by atoms with Gasteiger partial charge in [0.1, 0.15) is 0 Å². The maximum atomic E-state index is 12.1. The SMILES string of the molecule is CC(CC(=O)NCC(C)(C)CN(C)C)C1CCNCC1.Cl.Cl. The zero-order valence-corrected chi connectivity index (χ0v) is 16.4. The molecule has 22 heavy (non-hydrogen) atoms. The third-order valence-electron chi connectivity index (χ3n) is 4.20. The van der Waals surface area contributed by atoms with Gasteiger partial charge in [0.05, 0.1) is 0 Å². The van der Waals surface area contributed by atoms with Gasteiger partial charge in [-0.2, -0.15) is 0 Å². The first-order chi connectivity index (χ1) is 9.30. The molecule has 1 saturated heterocycles. The van der Waals surface area contributed by atoms with Crippen molar-refractivity contribution in [3.63, 3.8) is 0 Å². The Morgan fingerprint density at radius 1 is 1.27 bits per heavy atom. The maximum absolute atomic E-state index is 12.1. The van der Waals surface area contributed by atoms with Crippen molar-refractivity contribution >= 4 is 30.7 Å². The molecule has 1 atom stereocenters. The van der Waals surface area contributed by atoms with E-state index in [-0.39, 0.29) is 36.1 Å². The van der Waals surface area contributed by atoms with Gasteiger partial charge < -0.3 is 15.5 Å². The quantitative estimate of drug-likeness (QED) is 0.737. The van der Waals surface area contributed by atoms with Crippen LogP contribution in [0.3, 0.4) is 0 Å². The van der Waals surface area contributed by atoms with Crippen LogP contribution in [0, 0.1) is 17.3 Å². The molecule has 0 radical (unpaired) electrons. The number of nitrogens with zero attached hydrogens (tertiary/aromatic N) is 1. The number of rotatable bonds is 7. The van der Waals surface area contributed by atoms with Gasteiger partial charge in [-0.25, -0.2) is 0 Å². The zero-order valence-electron chi connectivity index (χ0n) is 14.8. The highest BCUT2D eigenvalue weighted by atomic mass is 35.5. The molecule has 1 rings (SSSR count). The zero-order chi connectivity index (χ0) is 15.2. The highest BCUT2D eigenvalue weighted by Gasteiger charge is 2.24. The average molecular weight is 356 g/mol. The molecule has 1 aliphatic rings. The Morgan fingerprint density at radius 2 is 1.82 bits per heavy atom. The molecular weight excluding hydrogens is 321 g/mol. The Kier molecular flexibility index (Phi) is 12.7. The molecule has 1 fully saturated rings. The smallest absolute Gasteiger partial charge is 0.220 e. The van der Waals surface area contributed by atoms with E-state index in [1.807, 2.05) is 0 Å². The number of nitrogens with one attached hydrogen (secondary N) is 2. The van der Waals surface area contributed by atoms with Crippen LogP contribution < -0.4 is 10.6 Å². The summed E-state index contributed by atoms with van der Waals surface area (Å²) in [5, 5.41) is 6.50. The fraction of sp³-hybridized carbons (Fsp3) is 0.938. The second-order valence-electron chi connectivity index (χ2n) is 7.45. The van der Waals surface area contributed by atoms with E-state index in [0.717, 1.165) is 26.2 Å². The molecule has 2 N–H and O–H groups in total. The molecule has 1 amide bonds. The second-order valence-corrected chi connectivity index (χ2v) is 7.45. The van der Waals surface area contributed by atoms with Gasteiger partial charge in [-0.3, -0.25) is 4.79 Å². The molecule has 6 heteroatoms. The van der Waals surface area contributed by atoms with E-state index in [4.69, 9.17) is 0 Å². The molecule has 134 valence electrons. The van der Waals surface area contributed by atoms with Crippen molar-refractivity contribution in [2.45, 2.75) is 40.0 Å². The Hall–Kier alpha value is -0.0300. The summed E-state index contributed by atoms with van der Waals surface area (Å²) in [5.74, 6) is 1.41. The molecule has 0 spiro atoms. The van der Waals surface area contributed by atoms with Gasteiger partial charge >= 0.3 is 0 Å². The van der Waals surface area contributed by atoms with Crippen molar-refractivity contribution in [1.29, 1.82) is 0 Å². The molecule has 0 aromatic heterocycles. The summed E-state index contributed by atoms with van der Waals surface area (Å²) in [6.45, 7) is 10.6. The lowest BCUT2D eigenvalue weighted by molar-refractivity contribution is -0.122. The first kappa shape index (κ1) is 24.2. The summed E-state index contributed by atoms with van der Waals surface area (Å²) in [5.41, 5.74) is 0.122. The van der Waals surface area contributed by atoms with Crippen LogP contribution in [0.2, 0.25) is 0 Å². The third kappa shape index (κ3) is 9.88. The van der Waals surface area contributed by atoms with Gasteiger partial charge in [0, 0.05) is 19.5 Å². The van der Waals surface area contributed by atoms with Crippen LogP contribution in [0.5, 0.6) is 0 Å². The standard InChI is InChI=1S/C16H33N3O.2ClH/c1-13(14-6-8-17-9-7-14)10-15(20)18-11-16(2,3)12-19(4)5;;/h13-14,17H,6-12H2,1-5H3,(H,18,20);2*1H. The van der Waals surface area contributed by atoms with Crippen LogP contribution in [-0.2, 0) is 4.79 Å². The molecule has 0 aromatic carbocycles. The minimum atomic E-state index is 0. The van der Waals surface area contributed by atoms with Crippen LogP contribution in [-0.4, -0.2) is 51.1 Å². The number of hydrogen-bond acceptors (Lipinski definition) is 3. The minimum absolute atomic E-state index is 0. The lowest BCUT2D eigenvalue weighted by Gasteiger charge is -2.30. The average Bonchev–Trinajstić information content (AvgIpc) is 2.36. The fourth-order valence-electron chi connectivity index (χ4n) is 3.19. The van der Waals surface area contributed by atoms with Gasteiger partial charge in [0.2, 0.25) is 5.91 Å². The van der Waals surface area contributed by atoms with E-state index in [0.29, 0.717) is 18.3 Å². The molecule has 1 unspecified atom stereocenters. The van der Waals surface area contributed by atoms with Gasteiger partial charge in [-0.15, -0.1) is 24.8 Å². The highest BCUT2D eigenvalue weighted by molar-refractivity contribution is 5.85. The van der Waals surface area contributed by atoms with Gasteiger partial charge in [-0.05, 0) is 57.3 Å². The summed E-state index contributed by atoms with van der Waals surface area (Å²) in [7, 11) is 4.14. The third-order valence-corrected chi connectivity index (χ3v) is 4.20.